The van der Waals surface area contributed by atoms with Crippen molar-refractivity contribution in [3.8, 4) is 0 Å². The van der Waals surface area contributed by atoms with Crippen molar-refractivity contribution < 1.29 is 26.3 Å². The van der Waals surface area contributed by atoms with Crippen LogP contribution in [0.1, 0.15) is 17.2 Å². The molecule has 23 heavy (non-hydrogen) atoms. The maximum absolute atomic E-state index is 13.3. The largest absolute Gasteiger partial charge is 0.416 e. The van der Waals surface area contributed by atoms with Crippen molar-refractivity contribution >= 4 is 24.8 Å². The van der Waals surface area contributed by atoms with Crippen LogP contribution < -0.4 is 5.32 Å². The Kier molecular flexibility index (Phi) is 8.69. The molecule has 0 saturated carbocycles. The molecule has 2 nitrogen and oxygen atoms in total. The molecule has 1 aromatic rings. The summed E-state index contributed by atoms with van der Waals surface area (Å²) in [7, 11) is 0. The number of nitrogens with zero attached hydrogens (tertiary/aromatic N) is 1. The zero-order chi connectivity index (χ0) is 15.6. The molecule has 134 valence electrons. The molecular formula is C13H16Cl2F6N2. The average Bonchev–Trinajstić information content (AvgIpc) is 2.38. The van der Waals surface area contributed by atoms with E-state index in [2.05, 4.69) is 5.32 Å². The van der Waals surface area contributed by atoms with Gasteiger partial charge >= 0.3 is 6.18 Å². The molecule has 1 aliphatic rings. The van der Waals surface area contributed by atoms with E-state index in [0.29, 0.717) is 31.3 Å². The molecule has 1 atom stereocenters. The van der Waals surface area contributed by atoms with Crippen LogP contribution in [0.4, 0.5) is 26.3 Å². The van der Waals surface area contributed by atoms with Gasteiger partial charge in [0.15, 0.2) is 0 Å². The first-order valence-corrected chi connectivity index (χ1v) is 6.40. The highest BCUT2D eigenvalue weighted by atomic mass is 35.5. The summed E-state index contributed by atoms with van der Waals surface area (Å²) in [5.74, 6) is -0.959. The number of alkyl halides is 5. The molecule has 1 aliphatic heterocycles. The van der Waals surface area contributed by atoms with Crippen LogP contribution in [0.25, 0.3) is 0 Å². The monoisotopic (exact) mass is 384 g/mol. The summed E-state index contributed by atoms with van der Waals surface area (Å²) >= 11 is 0. The summed E-state index contributed by atoms with van der Waals surface area (Å²) in [6.07, 6.45) is -7.84. The van der Waals surface area contributed by atoms with Crippen LogP contribution in [-0.4, -0.2) is 37.5 Å². The van der Waals surface area contributed by atoms with Gasteiger partial charge in [0.25, 0.3) is 6.43 Å². The fraction of sp³-hybridized carbons (Fsp3) is 0.538. The molecule has 0 radical (unpaired) electrons. The summed E-state index contributed by atoms with van der Waals surface area (Å²) in [5, 5.41) is 2.93. The summed E-state index contributed by atoms with van der Waals surface area (Å²) in [6, 6.07) is -0.0595. The van der Waals surface area contributed by atoms with Gasteiger partial charge in [-0.2, -0.15) is 13.2 Å². The van der Waals surface area contributed by atoms with E-state index >= 15 is 0 Å². The normalized spacial score (nSPS) is 17.3. The first-order valence-electron chi connectivity index (χ1n) is 6.40. The zero-order valence-electron chi connectivity index (χ0n) is 11.7. The topological polar surface area (TPSA) is 15.3 Å². The minimum Gasteiger partial charge on any atom is -0.314 e. The van der Waals surface area contributed by atoms with Crippen molar-refractivity contribution in [2.75, 3.05) is 26.2 Å². The number of hydrogen-bond donors (Lipinski definition) is 1. The SMILES string of the molecule is Cl.Cl.Fc1ccc(C(F)(F)F)c([C@@H](C(F)F)N2CCNCC2)c1. The minimum atomic E-state index is -4.80. The van der Waals surface area contributed by atoms with Gasteiger partial charge in [-0.1, -0.05) is 0 Å². The standard InChI is InChI=1S/C13H14F6N2.2ClH/c14-8-1-2-10(13(17,18)19)9(7-8)11(12(15)16)21-5-3-20-4-6-21;;/h1-2,7,11-12,20H,3-6H2;2*1H/t11-;;/m0../s1. The number of rotatable bonds is 3. The van der Waals surface area contributed by atoms with Gasteiger partial charge in [0.2, 0.25) is 0 Å². The minimum absolute atomic E-state index is 0. The van der Waals surface area contributed by atoms with Gasteiger partial charge in [0.1, 0.15) is 5.82 Å². The first-order chi connectivity index (χ1) is 9.80. The first kappa shape index (κ1) is 22.3. The van der Waals surface area contributed by atoms with Crippen LogP contribution >= 0.6 is 24.8 Å². The molecule has 0 spiro atoms. The van der Waals surface area contributed by atoms with E-state index < -0.39 is 35.6 Å². The Balaban J connectivity index is 0.00000242. The highest BCUT2D eigenvalue weighted by molar-refractivity contribution is 5.85. The van der Waals surface area contributed by atoms with Crippen molar-refractivity contribution in [2.24, 2.45) is 0 Å². The van der Waals surface area contributed by atoms with Crippen molar-refractivity contribution in [2.45, 2.75) is 18.6 Å². The van der Waals surface area contributed by atoms with Crippen LogP contribution in [0, 0.1) is 5.82 Å². The molecule has 0 amide bonds. The summed E-state index contributed by atoms with van der Waals surface area (Å²) < 4.78 is 78.8. The average molecular weight is 385 g/mol. The number of halogens is 8. The molecule has 0 bridgehead atoms. The van der Waals surface area contributed by atoms with Crippen LogP contribution in [0.15, 0.2) is 18.2 Å². The third-order valence-electron chi connectivity index (χ3n) is 3.42. The van der Waals surface area contributed by atoms with E-state index in [1.807, 2.05) is 0 Å². The van der Waals surface area contributed by atoms with Crippen LogP contribution in [-0.2, 0) is 6.18 Å². The molecular weight excluding hydrogens is 369 g/mol. The molecule has 0 aromatic heterocycles. The number of benzene rings is 1. The van der Waals surface area contributed by atoms with E-state index in [-0.39, 0.29) is 37.9 Å². The molecule has 1 saturated heterocycles. The van der Waals surface area contributed by atoms with Crippen LogP contribution in [0.2, 0.25) is 0 Å². The molecule has 10 heteroatoms. The third-order valence-corrected chi connectivity index (χ3v) is 3.42. The van der Waals surface area contributed by atoms with Crippen molar-refractivity contribution in [1.82, 2.24) is 10.2 Å². The summed E-state index contributed by atoms with van der Waals surface area (Å²) in [5.41, 5.74) is -1.92. The smallest absolute Gasteiger partial charge is 0.314 e. The van der Waals surface area contributed by atoms with E-state index in [0.717, 1.165) is 0 Å². The molecule has 1 fully saturated rings. The third kappa shape index (κ3) is 5.41. The number of piperazine rings is 1. The van der Waals surface area contributed by atoms with E-state index in [1.165, 1.54) is 4.90 Å². The lowest BCUT2D eigenvalue weighted by molar-refractivity contribution is -0.139. The maximum atomic E-state index is 13.3. The lowest BCUT2D eigenvalue weighted by Gasteiger charge is -2.35. The lowest BCUT2D eigenvalue weighted by Crippen LogP contribution is -2.47. The fourth-order valence-corrected chi connectivity index (χ4v) is 2.49. The zero-order valence-corrected chi connectivity index (χ0v) is 13.4. The summed E-state index contributed by atoms with van der Waals surface area (Å²) in [6.45, 7) is 1.17. The Morgan fingerprint density at radius 3 is 2.09 bits per heavy atom. The maximum Gasteiger partial charge on any atom is 0.416 e. The quantitative estimate of drug-likeness (QED) is 0.795. The van der Waals surface area contributed by atoms with Crippen LogP contribution in [0.5, 0.6) is 0 Å². The van der Waals surface area contributed by atoms with Crippen molar-refractivity contribution in [1.29, 1.82) is 0 Å². The Morgan fingerprint density at radius 2 is 1.61 bits per heavy atom. The second-order valence-electron chi connectivity index (χ2n) is 4.79. The second kappa shape index (κ2) is 8.96. The van der Waals surface area contributed by atoms with Crippen molar-refractivity contribution in [3.05, 3.63) is 35.1 Å². The van der Waals surface area contributed by atoms with Crippen molar-refractivity contribution in [3.63, 3.8) is 0 Å². The second-order valence-corrected chi connectivity index (χ2v) is 4.79. The Morgan fingerprint density at radius 1 is 1.04 bits per heavy atom. The highest BCUT2D eigenvalue weighted by Crippen LogP contribution is 2.39. The summed E-state index contributed by atoms with van der Waals surface area (Å²) in [4.78, 5) is 1.26. The number of hydrogen-bond acceptors (Lipinski definition) is 2. The van der Waals surface area contributed by atoms with Gasteiger partial charge in [-0.3, -0.25) is 4.90 Å². The van der Waals surface area contributed by atoms with Gasteiger partial charge in [-0.05, 0) is 23.8 Å². The molecule has 1 N–H and O–H groups in total. The molecule has 1 heterocycles. The predicted molar refractivity (Wildman–Crippen MR) is 79.1 cm³/mol. The Labute approximate surface area is 142 Å². The van der Waals surface area contributed by atoms with E-state index in [9.17, 15) is 26.3 Å². The van der Waals surface area contributed by atoms with Crippen LogP contribution in [0.3, 0.4) is 0 Å². The molecule has 2 rings (SSSR count). The van der Waals surface area contributed by atoms with Gasteiger partial charge in [-0.15, -0.1) is 24.8 Å². The molecule has 0 aliphatic carbocycles. The predicted octanol–water partition coefficient (Wildman–Crippen LogP) is 3.90. The van der Waals surface area contributed by atoms with Gasteiger partial charge in [0, 0.05) is 26.2 Å². The van der Waals surface area contributed by atoms with E-state index in [1.54, 1.807) is 0 Å². The fourth-order valence-electron chi connectivity index (χ4n) is 2.49. The number of nitrogens with one attached hydrogen (secondary N) is 1. The Hall–Kier alpha value is -0.700. The van der Waals surface area contributed by atoms with Gasteiger partial charge in [0.05, 0.1) is 11.6 Å². The lowest BCUT2D eigenvalue weighted by atomic mass is 9.98. The molecule has 1 aromatic carbocycles. The molecule has 0 unspecified atom stereocenters. The Bertz CT molecular complexity index is 492. The van der Waals surface area contributed by atoms with E-state index in [4.69, 9.17) is 0 Å². The highest BCUT2D eigenvalue weighted by Gasteiger charge is 2.40. The van der Waals surface area contributed by atoms with Gasteiger partial charge < -0.3 is 5.32 Å². The van der Waals surface area contributed by atoms with Gasteiger partial charge in [-0.25, -0.2) is 13.2 Å².